The molecule has 0 radical (unpaired) electrons. The average molecular weight is 693 g/mol. The molecule has 0 spiro atoms. The van der Waals surface area contributed by atoms with Gasteiger partial charge in [0.15, 0.2) is 6.10 Å². The van der Waals surface area contributed by atoms with Gasteiger partial charge in [0.25, 0.3) is 0 Å². The second-order valence-electron chi connectivity index (χ2n) is 12.7. The van der Waals surface area contributed by atoms with E-state index >= 15 is 0 Å². The maximum atomic E-state index is 13.6. The predicted molar refractivity (Wildman–Crippen MR) is 173 cm³/mol. The van der Waals surface area contributed by atoms with Crippen molar-refractivity contribution < 1.29 is 68.1 Å². The minimum absolute atomic E-state index is 0.356. The molecule has 14 nitrogen and oxygen atoms in total. The van der Waals surface area contributed by atoms with E-state index in [0.29, 0.717) is 32.1 Å². The van der Waals surface area contributed by atoms with Crippen LogP contribution in [0.2, 0.25) is 0 Å². The first kappa shape index (κ1) is 45.2. The Morgan fingerprint density at radius 3 is 1.04 bits per heavy atom. The zero-order chi connectivity index (χ0) is 37.3. The standard InChI is InChI=1S/C34H60O14/c1-11-18(6)25(38)30(39)45-27(20(8)13-3)32(41)47-29(22(10)15-5)34(43)48-28(21(9)14-4)33(42)46-26(19(7)12-2)31(40)44-17-24(37)23(36)16-35/h18-29,35-38H,11-17H2,1-10H3/t18-,19-,20-,21-,22-,23-,24+,25+,26+,27+,28+,29+/m0/s1. The predicted octanol–water partition coefficient (Wildman–Crippen LogP) is 2.48. The summed E-state index contributed by atoms with van der Waals surface area (Å²) >= 11 is 0. The van der Waals surface area contributed by atoms with E-state index in [1.165, 1.54) is 0 Å². The van der Waals surface area contributed by atoms with Crippen molar-refractivity contribution in [2.45, 2.75) is 144 Å². The van der Waals surface area contributed by atoms with Crippen LogP contribution in [0.25, 0.3) is 0 Å². The number of rotatable bonds is 23. The van der Waals surface area contributed by atoms with Gasteiger partial charge in [-0.2, -0.15) is 0 Å². The van der Waals surface area contributed by atoms with Gasteiger partial charge in [-0.3, -0.25) is 0 Å². The monoisotopic (exact) mass is 692 g/mol. The van der Waals surface area contributed by atoms with Crippen LogP contribution in [0.15, 0.2) is 0 Å². The fraction of sp³-hybridized carbons (Fsp3) is 0.853. The Morgan fingerprint density at radius 1 is 0.458 bits per heavy atom. The maximum absolute atomic E-state index is 13.6. The first-order valence-corrected chi connectivity index (χ1v) is 17.1. The van der Waals surface area contributed by atoms with Crippen LogP contribution < -0.4 is 0 Å². The third kappa shape index (κ3) is 14.0. The number of aliphatic hydroxyl groups excluding tert-OH is 4. The summed E-state index contributed by atoms with van der Waals surface area (Å²) in [6, 6.07) is 0. The van der Waals surface area contributed by atoms with Crippen LogP contribution in [0.5, 0.6) is 0 Å². The summed E-state index contributed by atoms with van der Waals surface area (Å²) in [5, 5.41) is 38.7. The highest BCUT2D eigenvalue weighted by Crippen LogP contribution is 2.24. The van der Waals surface area contributed by atoms with Gasteiger partial charge >= 0.3 is 29.8 Å². The van der Waals surface area contributed by atoms with Gasteiger partial charge in [0, 0.05) is 23.7 Å². The number of ether oxygens (including phenoxy) is 5. The van der Waals surface area contributed by atoms with E-state index in [1.54, 1.807) is 69.2 Å². The van der Waals surface area contributed by atoms with Gasteiger partial charge in [-0.25, -0.2) is 24.0 Å². The minimum atomic E-state index is -1.57. The fourth-order valence-corrected chi connectivity index (χ4v) is 4.15. The van der Waals surface area contributed by atoms with Crippen LogP contribution >= 0.6 is 0 Å². The summed E-state index contributed by atoms with van der Waals surface area (Å²) in [4.78, 5) is 66.0. The van der Waals surface area contributed by atoms with E-state index < -0.39 is 115 Å². The molecule has 12 atom stereocenters. The van der Waals surface area contributed by atoms with Crippen molar-refractivity contribution in [2.24, 2.45) is 29.6 Å². The topological polar surface area (TPSA) is 212 Å². The fourth-order valence-electron chi connectivity index (χ4n) is 4.15. The van der Waals surface area contributed by atoms with Crippen LogP contribution in [-0.2, 0) is 47.7 Å². The molecular weight excluding hydrogens is 632 g/mol. The molecular formula is C34H60O14. The summed E-state index contributed by atoms with van der Waals surface area (Å²) in [6.07, 6.45) is -8.46. The first-order chi connectivity index (χ1) is 22.4. The molecule has 0 aliphatic heterocycles. The van der Waals surface area contributed by atoms with E-state index in [4.69, 9.17) is 28.8 Å². The molecule has 0 aliphatic carbocycles. The van der Waals surface area contributed by atoms with Crippen molar-refractivity contribution in [1.29, 1.82) is 0 Å². The van der Waals surface area contributed by atoms with Crippen molar-refractivity contribution >= 4 is 29.8 Å². The average Bonchev–Trinajstić information content (AvgIpc) is 3.09. The summed E-state index contributed by atoms with van der Waals surface area (Å²) in [7, 11) is 0. The molecule has 0 bridgehead atoms. The largest absolute Gasteiger partial charge is 0.460 e. The lowest BCUT2D eigenvalue weighted by molar-refractivity contribution is -0.196. The van der Waals surface area contributed by atoms with E-state index in [9.17, 15) is 39.3 Å². The van der Waals surface area contributed by atoms with Crippen LogP contribution in [-0.4, -0.2) is 106 Å². The highest BCUT2D eigenvalue weighted by atomic mass is 16.6. The number of carbonyl (C=O) groups excluding carboxylic acids is 5. The summed E-state index contributed by atoms with van der Waals surface area (Å²) < 4.78 is 27.2. The molecule has 0 amide bonds. The number of hydrogen-bond donors (Lipinski definition) is 4. The SMILES string of the molecule is CC[C@H](C)[C@@H](O)C(=O)O[C@@H](C(=O)O[C@@H](C(=O)O[C@@H](C(=O)O[C@@H](C(=O)OC[C@@H](O)[C@@H](O)CO)[C@@H](C)CC)[C@@H](C)CC)[C@@H](C)CC)[C@@H](C)CC. The lowest BCUT2D eigenvalue weighted by Crippen LogP contribution is -2.46. The van der Waals surface area contributed by atoms with E-state index in [0.717, 1.165) is 0 Å². The molecule has 48 heavy (non-hydrogen) atoms. The lowest BCUT2D eigenvalue weighted by Gasteiger charge is -2.30. The number of esters is 5. The number of carbonyl (C=O) groups is 5. The Kier molecular flexibility index (Phi) is 21.4. The van der Waals surface area contributed by atoms with Crippen LogP contribution in [0.4, 0.5) is 0 Å². The normalized spacial score (nSPS) is 19.0. The maximum Gasteiger partial charge on any atom is 0.348 e. The Bertz CT molecular complexity index is 1000. The molecule has 0 aliphatic rings. The minimum Gasteiger partial charge on any atom is -0.460 e. The Labute approximate surface area is 284 Å². The Hall–Kier alpha value is -2.81. The molecule has 0 aromatic carbocycles. The highest BCUT2D eigenvalue weighted by Gasteiger charge is 2.41. The zero-order valence-corrected chi connectivity index (χ0v) is 30.2. The third-order valence-electron chi connectivity index (χ3n) is 9.00. The van der Waals surface area contributed by atoms with Gasteiger partial charge < -0.3 is 44.1 Å². The summed E-state index contributed by atoms with van der Waals surface area (Å²) in [6.45, 7) is 15.6. The molecule has 0 saturated carbocycles. The second kappa shape index (κ2) is 22.8. The van der Waals surface area contributed by atoms with E-state index in [2.05, 4.69) is 0 Å². The van der Waals surface area contributed by atoms with Crippen molar-refractivity contribution in [3.63, 3.8) is 0 Å². The van der Waals surface area contributed by atoms with Gasteiger partial charge in [0.05, 0.1) is 6.61 Å². The van der Waals surface area contributed by atoms with Gasteiger partial charge in [-0.15, -0.1) is 0 Å². The number of hydrogen-bond acceptors (Lipinski definition) is 14. The van der Waals surface area contributed by atoms with Crippen LogP contribution in [0.1, 0.15) is 101 Å². The van der Waals surface area contributed by atoms with E-state index in [1.807, 2.05) is 0 Å². The molecule has 14 heteroatoms. The van der Waals surface area contributed by atoms with Gasteiger partial charge in [-0.05, 0) is 31.6 Å². The molecule has 280 valence electrons. The zero-order valence-electron chi connectivity index (χ0n) is 30.2. The van der Waals surface area contributed by atoms with E-state index in [-0.39, 0.29) is 0 Å². The summed E-state index contributed by atoms with van der Waals surface area (Å²) in [5.41, 5.74) is 0. The molecule has 0 aromatic rings. The second-order valence-corrected chi connectivity index (χ2v) is 12.7. The molecule has 0 heterocycles. The Morgan fingerprint density at radius 2 is 0.750 bits per heavy atom. The van der Waals surface area contributed by atoms with Gasteiger partial charge in [-0.1, -0.05) is 75.7 Å². The van der Waals surface area contributed by atoms with Crippen LogP contribution in [0, 0.1) is 29.6 Å². The third-order valence-corrected chi connectivity index (χ3v) is 9.00. The quantitative estimate of drug-likeness (QED) is 0.0895. The van der Waals surface area contributed by atoms with Crippen molar-refractivity contribution in [3.05, 3.63) is 0 Å². The van der Waals surface area contributed by atoms with Crippen molar-refractivity contribution in [2.75, 3.05) is 13.2 Å². The molecule has 0 fully saturated rings. The van der Waals surface area contributed by atoms with Crippen molar-refractivity contribution in [1.82, 2.24) is 0 Å². The van der Waals surface area contributed by atoms with Crippen molar-refractivity contribution in [3.8, 4) is 0 Å². The molecule has 0 saturated heterocycles. The molecule has 4 N–H and O–H groups in total. The highest BCUT2D eigenvalue weighted by molar-refractivity contribution is 5.87. The molecule has 0 rings (SSSR count). The Balaban J connectivity index is 6.14. The number of aliphatic hydroxyl groups is 4. The smallest absolute Gasteiger partial charge is 0.348 e. The van der Waals surface area contributed by atoms with Gasteiger partial charge in [0.1, 0.15) is 18.8 Å². The first-order valence-electron chi connectivity index (χ1n) is 17.1. The molecule has 0 unspecified atom stereocenters. The lowest BCUT2D eigenvalue weighted by atomic mass is 9.98. The van der Waals surface area contributed by atoms with Crippen LogP contribution in [0.3, 0.4) is 0 Å². The van der Waals surface area contributed by atoms with Gasteiger partial charge in [0.2, 0.25) is 24.4 Å². The molecule has 0 aromatic heterocycles. The summed E-state index contributed by atoms with van der Waals surface area (Å²) in [5.74, 6) is -7.76.